The summed E-state index contributed by atoms with van der Waals surface area (Å²) in [4.78, 5) is 6.58. The second-order valence-corrected chi connectivity index (χ2v) is 6.74. The van der Waals surface area contributed by atoms with E-state index in [0.717, 1.165) is 38.4 Å². The lowest BCUT2D eigenvalue weighted by Crippen LogP contribution is -2.30. The molecule has 1 atom stereocenters. The molecule has 3 heterocycles. The van der Waals surface area contributed by atoms with Crippen LogP contribution in [0.1, 0.15) is 17.7 Å². The molecule has 7 heteroatoms. The summed E-state index contributed by atoms with van der Waals surface area (Å²) >= 11 is 7.39. The van der Waals surface area contributed by atoms with Gasteiger partial charge in [-0.3, -0.25) is 9.88 Å². The lowest BCUT2D eigenvalue weighted by Gasteiger charge is -2.24. The van der Waals surface area contributed by atoms with E-state index in [9.17, 15) is 0 Å². The van der Waals surface area contributed by atoms with Gasteiger partial charge in [0, 0.05) is 43.6 Å². The van der Waals surface area contributed by atoms with Crippen LogP contribution in [0.4, 0.5) is 0 Å². The van der Waals surface area contributed by atoms with E-state index in [2.05, 4.69) is 30.9 Å². The maximum Gasteiger partial charge on any atom is 0.138 e. The minimum atomic E-state index is 0.687. The molecule has 0 saturated carbocycles. The fourth-order valence-corrected chi connectivity index (χ4v) is 3.29. The van der Waals surface area contributed by atoms with Crippen LogP contribution < -0.4 is 5.32 Å². The van der Waals surface area contributed by atoms with Crippen molar-refractivity contribution in [1.82, 2.24) is 24.8 Å². The first-order valence-electron chi connectivity index (χ1n) is 7.10. The van der Waals surface area contributed by atoms with Crippen LogP contribution in [0.5, 0.6) is 0 Å². The molecule has 112 valence electrons. The van der Waals surface area contributed by atoms with Gasteiger partial charge in [-0.2, -0.15) is 0 Å². The minimum Gasteiger partial charge on any atom is -0.316 e. The van der Waals surface area contributed by atoms with Crippen molar-refractivity contribution in [3.05, 3.63) is 40.1 Å². The first kappa shape index (κ1) is 14.8. The first-order valence-corrected chi connectivity index (χ1v) is 8.25. The maximum atomic E-state index is 6.15. The third kappa shape index (κ3) is 4.20. The Morgan fingerprint density at radius 3 is 3.05 bits per heavy atom. The maximum absolute atomic E-state index is 6.15. The summed E-state index contributed by atoms with van der Waals surface area (Å²) in [5.74, 6) is 0.687. The number of nitrogens with one attached hydrogen (secondary N) is 1. The summed E-state index contributed by atoms with van der Waals surface area (Å²) in [5, 5.41) is 7.56. The zero-order chi connectivity index (χ0) is 14.5. The van der Waals surface area contributed by atoms with Gasteiger partial charge in [-0.1, -0.05) is 22.2 Å². The largest absolute Gasteiger partial charge is 0.316 e. The molecule has 0 aliphatic carbocycles. The van der Waals surface area contributed by atoms with Gasteiger partial charge in [0.05, 0.1) is 0 Å². The predicted octanol–water partition coefficient (Wildman–Crippen LogP) is 2.20. The Bertz CT molecular complexity index is 556. The van der Waals surface area contributed by atoms with E-state index in [1.807, 2.05) is 12.3 Å². The van der Waals surface area contributed by atoms with Crippen LogP contribution in [0.25, 0.3) is 0 Å². The molecule has 2 aromatic heterocycles. The van der Waals surface area contributed by atoms with E-state index in [0.29, 0.717) is 10.3 Å². The molecule has 1 aliphatic heterocycles. The van der Waals surface area contributed by atoms with Gasteiger partial charge in [0.25, 0.3) is 0 Å². The van der Waals surface area contributed by atoms with Crippen molar-refractivity contribution in [3.8, 4) is 0 Å². The summed E-state index contributed by atoms with van der Waals surface area (Å²) in [6.45, 7) is 4.84. The number of nitrogens with zero attached hydrogens (tertiary/aromatic N) is 4. The van der Waals surface area contributed by atoms with Crippen LogP contribution in [0.2, 0.25) is 4.34 Å². The average Bonchev–Trinajstić information content (AvgIpc) is 3.13. The van der Waals surface area contributed by atoms with Gasteiger partial charge in [-0.05, 0) is 37.1 Å². The Balaban J connectivity index is 1.69. The lowest BCUT2D eigenvalue weighted by atomic mass is 10.1. The standard InChI is InChI=1S/C14H18ClN5S/c15-14-13(18-19-21-14)10-20(9-12-3-5-17-7-12)8-11-2-1-4-16-6-11/h1-2,4,6,12,17H,3,5,7-10H2/t12-/m0/s1. The van der Waals surface area contributed by atoms with Crippen LogP contribution in [-0.4, -0.2) is 39.1 Å². The van der Waals surface area contributed by atoms with E-state index in [4.69, 9.17) is 11.6 Å². The smallest absolute Gasteiger partial charge is 0.138 e. The SMILES string of the molecule is Clc1snnc1CN(Cc1cccnc1)C[C@H]1CCNC1. The molecule has 21 heavy (non-hydrogen) atoms. The molecule has 1 fully saturated rings. The fraction of sp³-hybridized carbons (Fsp3) is 0.500. The van der Waals surface area contributed by atoms with Crippen molar-refractivity contribution < 1.29 is 0 Å². The van der Waals surface area contributed by atoms with Crippen LogP contribution >= 0.6 is 23.1 Å². The van der Waals surface area contributed by atoms with Gasteiger partial charge in [0.2, 0.25) is 0 Å². The van der Waals surface area contributed by atoms with Gasteiger partial charge in [-0.25, -0.2) is 0 Å². The highest BCUT2D eigenvalue weighted by Gasteiger charge is 2.20. The Kier molecular flexibility index (Phi) is 5.13. The highest BCUT2D eigenvalue weighted by molar-refractivity contribution is 7.10. The average molecular weight is 324 g/mol. The third-order valence-electron chi connectivity index (χ3n) is 3.69. The first-order chi connectivity index (χ1) is 10.3. The molecule has 5 nitrogen and oxygen atoms in total. The topological polar surface area (TPSA) is 53.9 Å². The highest BCUT2D eigenvalue weighted by Crippen LogP contribution is 2.21. The number of aromatic nitrogens is 3. The van der Waals surface area contributed by atoms with E-state index in [1.165, 1.54) is 23.5 Å². The van der Waals surface area contributed by atoms with E-state index < -0.39 is 0 Å². The minimum absolute atomic E-state index is 0.687. The van der Waals surface area contributed by atoms with E-state index in [-0.39, 0.29) is 0 Å². The van der Waals surface area contributed by atoms with Crippen LogP contribution in [0.3, 0.4) is 0 Å². The van der Waals surface area contributed by atoms with Crippen molar-refractivity contribution in [2.24, 2.45) is 5.92 Å². The fourth-order valence-electron chi connectivity index (χ4n) is 2.67. The van der Waals surface area contributed by atoms with Gasteiger partial charge in [-0.15, -0.1) is 5.10 Å². The highest BCUT2D eigenvalue weighted by atomic mass is 35.5. The predicted molar refractivity (Wildman–Crippen MR) is 84.2 cm³/mol. The summed E-state index contributed by atoms with van der Waals surface area (Å²) < 4.78 is 4.61. The zero-order valence-corrected chi connectivity index (χ0v) is 13.3. The molecule has 2 aromatic rings. The third-order valence-corrected chi connectivity index (χ3v) is 4.67. The van der Waals surface area contributed by atoms with Gasteiger partial charge in [0.15, 0.2) is 0 Å². The molecular formula is C14H18ClN5S. The molecule has 3 rings (SSSR count). The zero-order valence-electron chi connectivity index (χ0n) is 11.7. The molecule has 0 aromatic carbocycles. The molecule has 1 N–H and O–H groups in total. The van der Waals surface area contributed by atoms with Gasteiger partial charge < -0.3 is 5.32 Å². The van der Waals surface area contributed by atoms with Crippen LogP contribution in [-0.2, 0) is 13.1 Å². The quantitative estimate of drug-likeness (QED) is 0.883. The number of hydrogen-bond acceptors (Lipinski definition) is 6. The Labute approximate surface area is 133 Å². The molecule has 0 radical (unpaired) electrons. The molecule has 1 aliphatic rings. The van der Waals surface area contributed by atoms with Crippen LogP contribution in [0, 0.1) is 5.92 Å². The number of halogens is 1. The molecule has 0 bridgehead atoms. The molecule has 0 amide bonds. The van der Waals surface area contributed by atoms with Gasteiger partial charge >= 0.3 is 0 Å². The Morgan fingerprint density at radius 2 is 2.38 bits per heavy atom. The summed E-state index contributed by atoms with van der Waals surface area (Å²) in [6.07, 6.45) is 4.95. The summed E-state index contributed by atoms with van der Waals surface area (Å²) in [7, 11) is 0. The normalized spacial score (nSPS) is 18.5. The monoisotopic (exact) mass is 323 g/mol. The lowest BCUT2D eigenvalue weighted by molar-refractivity contribution is 0.218. The van der Waals surface area contributed by atoms with Gasteiger partial charge in [0.1, 0.15) is 10.0 Å². The summed E-state index contributed by atoms with van der Waals surface area (Å²) in [5.41, 5.74) is 2.08. The second-order valence-electron chi connectivity index (χ2n) is 5.38. The van der Waals surface area contributed by atoms with Crippen molar-refractivity contribution in [1.29, 1.82) is 0 Å². The number of pyridine rings is 1. The number of rotatable bonds is 6. The number of hydrogen-bond donors (Lipinski definition) is 1. The second kappa shape index (κ2) is 7.26. The van der Waals surface area contributed by atoms with E-state index >= 15 is 0 Å². The van der Waals surface area contributed by atoms with Crippen LogP contribution in [0.15, 0.2) is 24.5 Å². The van der Waals surface area contributed by atoms with E-state index in [1.54, 1.807) is 6.20 Å². The van der Waals surface area contributed by atoms with Crippen molar-refractivity contribution >= 4 is 23.1 Å². The molecule has 1 saturated heterocycles. The summed E-state index contributed by atoms with van der Waals surface area (Å²) in [6, 6.07) is 4.08. The molecule has 0 spiro atoms. The Hall–Kier alpha value is -1.08. The van der Waals surface area contributed by atoms with Crippen molar-refractivity contribution in [2.45, 2.75) is 19.5 Å². The molecular weight excluding hydrogens is 306 g/mol. The van der Waals surface area contributed by atoms with Crippen molar-refractivity contribution in [2.75, 3.05) is 19.6 Å². The molecule has 0 unspecified atom stereocenters. The van der Waals surface area contributed by atoms with Crippen molar-refractivity contribution in [3.63, 3.8) is 0 Å². The Morgan fingerprint density at radius 1 is 1.43 bits per heavy atom.